The summed E-state index contributed by atoms with van der Waals surface area (Å²) in [5.41, 5.74) is 8.01. The predicted octanol–water partition coefficient (Wildman–Crippen LogP) is 3.83. The van der Waals surface area contributed by atoms with Crippen molar-refractivity contribution >= 4 is 44.7 Å². The van der Waals surface area contributed by atoms with Gasteiger partial charge in [0.2, 0.25) is 5.91 Å². The van der Waals surface area contributed by atoms with Crippen LogP contribution in [0.5, 0.6) is 0 Å². The zero-order valence-corrected chi connectivity index (χ0v) is 13.9. The molecule has 2 aromatic rings. The molecule has 0 spiro atoms. The van der Waals surface area contributed by atoms with E-state index in [0.717, 1.165) is 15.6 Å². The second-order valence-electron chi connectivity index (χ2n) is 4.68. The molecule has 2 aromatic carbocycles. The largest absolute Gasteiger partial charge is 0.389 e. The minimum atomic E-state index is -0.228. The van der Waals surface area contributed by atoms with Gasteiger partial charge in [-0.05, 0) is 46.6 Å². The topological polar surface area (TPSA) is 55.1 Å². The summed E-state index contributed by atoms with van der Waals surface area (Å²) < 4.78 is 0.751. The average Bonchev–Trinajstić information content (AvgIpc) is 2.49. The molecule has 0 aliphatic heterocycles. The van der Waals surface area contributed by atoms with Gasteiger partial charge in [-0.25, -0.2) is 0 Å². The van der Waals surface area contributed by atoms with Crippen LogP contribution in [0.1, 0.15) is 24.0 Å². The Balaban J connectivity index is 2.15. The summed E-state index contributed by atoms with van der Waals surface area (Å²) in [6.07, 6.45) is 0. The number of nitrogens with one attached hydrogen (secondary N) is 1. The fourth-order valence-corrected chi connectivity index (χ4v) is 2.51. The first-order valence-electron chi connectivity index (χ1n) is 6.44. The molecular formula is C16H15BrN2OS. The Kier molecular flexibility index (Phi) is 5.09. The first kappa shape index (κ1) is 15.7. The van der Waals surface area contributed by atoms with Crippen LogP contribution in [0, 0.1) is 0 Å². The zero-order chi connectivity index (χ0) is 15.4. The van der Waals surface area contributed by atoms with Gasteiger partial charge < -0.3 is 11.1 Å². The maximum absolute atomic E-state index is 12.3. The number of halogens is 1. The molecule has 0 bridgehead atoms. The third kappa shape index (κ3) is 3.89. The summed E-state index contributed by atoms with van der Waals surface area (Å²) in [5, 5.41) is 2.90. The normalized spacial score (nSPS) is 11.7. The van der Waals surface area contributed by atoms with Crippen LogP contribution < -0.4 is 11.1 Å². The minimum Gasteiger partial charge on any atom is -0.389 e. The molecule has 0 saturated heterocycles. The zero-order valence-electron chi connectivity index (χ0n) is 11.5. The highest BCUT2D eigenvalue weighted by Crippen LogP contribution is 2.25. The molecule has 1 amide bonds. The highest BCUT2D eigenvalue weighted by Gasteiger charge is 2.16. The van der Waals surface area contributed by atoms with E-state index in [1.807, 2.05) is 37.3 Å². The molecule has 0 saturated carbocycles. The molecule has 1 atom stereocenters. The van der Waals surface area contributed by atoms with Gasteiger partial charge in [-0.2, -0.15) is 0 Å². The molecule has 1 unspecified atom stereocenters. The summed E-state index contributed by atoms with van der Waals surface area (Å²) in [5.74, 6) is -0.293. The van der Waals surface area contributed by atoms with Crippen molar-refractivity contribution in [1.29, 1.82) is 0 Å². The average molecular weight is 363 g/mol. The fourth-order valence-electron chi connectivity index (χ4n) is 1.90. The van der Waals surface area contributed by atoms with Crippen molar-refractivity contribution in [3.63, 3.8) is 0 Å². The van der Waals surface area contributed by atoms with Crippen molar-refractivity contribution in [3.05, 3.63) is 64.1 Å². The highest BCUT2D eigenvalue weighted by molar-refractivity contribution is 9.10. The molecule has 0 aliphatic carbocycles. The van der Waals surface area contributed by atoms with Gasteiger partial charge in [0, 0.05) is 10.0 Å². The van der Waals surface area contributed by atoms with Crippen LogP contribution in [0.4, 0.5) is 5.69 Å². The van der Waals surface area contributed by atoms with Crippen molar-refractivity contribution in [3.8, 4) is 0 Å². The lowest BCUT2D eigenvalue weighted by atomic mass is 10.0. The lowest BCUT2D eigenvalue weighted by molar-refractivity contribution is -0.117. The number of carbonyl (C=O) groups is 1. The van der Waals surface area contributed by atoms with Crippen LogP contribution in [0.2, 0.25) is 0 Å². The van der Waals surface area contributed by atoms with Gasteiger partial charge in [-0.3, -0.25) is 4.79 Å². The lowest BCUT2D eigenvalue weighted by Crippen LogP contribution is -2.19. The number of rotatable bonds is 4. The van der Waals surface area contributed by atoms with Gasteiger partial charge in [-0.1, -0.05) is 42.5 Å². The summed E-state index contributed by atoms with van der Waals surface area (Å²) in [7, 11) is 0. The monoisotopic (exact) mass is 362 g/mol. The smallest absolute Gasteiger partial charge is 0.231 e. The molecule has 3 N–H and O–H groups in total. The van der Waals surface area contributed by atoms with Gasteiger partial charge in [0.25, 0.3) is 0 Å². The van der Waals surface area contributed by atoms with E-state index in [4.69, 9.17) is 18.0 Å². The van der Waals surface area contributed by atoms with Gasteiger partial charge >= 0.3 is 0 Å². The number of amides is 1. The van der Waals surface area contributed by atoms with Crippen LogP contribution in [0.25, 0.3) is 0 Å². The predicted molar refractivity (Wildman–Crippen MR) is 93.5 cm³/mol. The SMILES string of the molecule is CC(C(=O)Nc1ccc(C(N)=S)cc1Br)c1ccccc1. The van der Waals surface area contributed by atoms with Crippen LogP contribution >= 0.6 is 28.1 Å². The summed E-state index contributed by atoms with van der Waals surface area (Å²) in [6.45, 7) is 1.88. The number of carbonyl (C=O) groups excluding carboxylic acids is 1. The van der Waals surface area contributed by atoms with Crippen LogP contribution in [-0.4, -0.2) is 10.9 Å². The number of benzene rings is 2. The number of hydrogen-bond acceptors (Lipinski definition) is 2. The van der Waals surface area contributed by atoms with E-state index in [2.05, 4.69) is 21.2 Å². The molecule has 2 rings (SSSR count). The van der Waals surface area contributed by atoms with Crippen LogP contribution in [0.3, 0.4) is 0 Å². The molecule has 0 aromatic heterocycles. The third-order valence-corrected chi connectivity index (χ3v) is 4.10. The van der Waals surface area contributed by atoms with E-state index in [1.54, 1.807) is 18.2 Å². The molecule has 108 valence electrons. The van der Waals surface area contributed by atoms with Crippen LogP contribution in [0.15, 0.2) is 53.0 Å². The second-order valence-corrected chi connectivity index (χ2v) is 5.97. The molecule has 5 heteroatoms. The first-order valence-corrected chi connectivity index (χ1v) is 7.64. The van der Waals surface area contributed by atoms with E-state index < -0.39 is 0 Å². The van der Waals surface area contributed by atoms with Crippen molar-refractivity contribution < 1.29 is 4.79 Å². The maximum Gasteiger partial charge on any atom is 0.231 e. The number of anilines is 1. The molecule has 0 aliphatic rings. The third-order valence-electron chi connectivity index (χ3n) is 3.20. The minimum absolute atomic E-state index is 0.0648. The number of hydrogen-bond donors (Lipinski definition) is 2. The van der Waals surface area contributed by atoms with Crippen molar-refractivity contribution in [2.45, 2.75) is 12.8 Å². The molecule has 0 heterocycles. The van der Waals surface area contributed by atoms with E-state index in [0.29, 0.717) is 10.7 Å². The fraction of sp³-hybridized carbons (Fsp3) is 0.125. The molecule has 0 radical (unpaired) electrons. The Bertz CT molecular complexity index is 673. The highest BCUT2D eigenvalue weighted by atomic mass is 79.9. The van der Waals surface area contributed by atoms with E-state index >= 15 is 0 Å². The Morgan fingerprint density at radius 1 is 1.24 bits per heavy atom. The Labute approximate surface area is 137 Å². The van der Waals surface area contributed by atoms with Crippen molar-refractivity contribution in [2.24, 2.45) is 5.73 Å². The molecular weight excluding hydrogens is 348 g/mol. The number of nitrogens with two attached hydrogens (primary N) is 1. The van der Waals surface area contributed by atoms with E-state index in [-0.39, 0.29) is 11.8 Å². The first-order chi connectivity index (χ1) is 9.99. The lowest BCUT2D eigenvalue weighted by Gasteiger charge is -2.14. The van der Waals surface area contributed by atoms with Crippen molar-refractivity contribution in [1.82, 2.24) is 0 Å². The molecule has 0 fully saturated rings. The van der Waals surface area contributed by atoms with Crippen molar-refractivity contribution in [2.75, 3.05) is 5.32 Å². The standard InChI is InChI=1S/C16H15BrN2OS/c1-10(11-5-3-2-4-6-11)16(20)19-14-8-7-12(15(18)21)9-13(14)17/h2-10H,1H3,(H2,18,21)(H,19,20). The second kappa shape index (κ2) is 6.83. The number of thiocarbonyl (C=S) groups is 1. The van der Waals surface area contributed by atoms with Gasteiger partial charge in [-0.15, -0.1) is 0 Å². The van der Waals surface area contributed by atoms with E-state index in [1.165, 1.54) is 0 Å². The van der Waals surface area contributed by atoms with Gasteiger partial charge in [0.15, 0.2) is 0 Å². The summed E-state index contributed by atoms with van der Waals surface area (Å²) in [6, 6.07) is 15.0. The maximum atomic E-state index is 12.3. The van der Waals surface area contributed by atoms with Crippen LogP contribution in [-0.2, 0) is 4.79 Å². The van der Waals surface area contributed by atoms with Gasteiger partial charge in [0.05, 0.1) is 11.6 Å². The molecule has 21 heavy (non-hydrogen) atoms. The quantitative estimate of drug-likeness (QED) is 0.812. The Hall–Kier alpha value is -1.72. The molecule has 3 nitrogen and oxygen atoms in total. The van der Waals surface area contributed by atoms with Gasteiger partial charge in [0.1, 0.15) is 4.99 Å². The van der Waals surface area contributed by atoms with E-state index in [9.17, 15) is 4.79 Å². The Morgan fingerprint density at radius 3 is 2.48 bits per heavy atom. The Morgan fingerprint density at radius 2 is 1.90 bits per heavy atom. The summed E-state index contributed by atoms with van der Waals surface area (Å²) >= 11 is 8.35. The summed E-state index contributed by atoms with van der Waals surface area (Å²) in [4.78, 5) is 12.6.